The van der Waals surface area contributed by atoms with E-state index < -0.39 is 5.03 Å². The number of pyridine rings is 1. The molecule has 0 aliphatic carbocycles. The number of nitrogens with zero attached hydrogens (tertiary/aromatic N) is 4. The van der Waals surface area contributed by atoms with Gasteiger partial charge in [0.25, 0.3) is 0 Å². The summed E-state index contributed by atoms with van der Waals surface area (Å²) in [5.74, 6) is 0.122. The highest BCUT2D eigenvalue weighted by Gasteiger charge is 2.06. The number of amidine groups is 1. The zero-order chi connectivity index (χ0) is 15.5. The van der Waals surface area contributed by atoms with Gasteiger partial charge in [-0.1, -0.05) is 31.0 Å². The van der Waals surface area contributed by atoms with Crippen LogP contribution in [0.15, 0.2) is 28.5 Å². The maximum absolute atomic E-state index is 10.5. The van der Waals surface area contributed by atoms with Gasteiger partial charge in [0.1, 0.15) is 5.15 Å². The fourth-order valence-electron chi connectivity index (χ4n) is 1.41. The first-order valence-electron chi connectivity index (χ1n) is 6.46. The first-order chi connectivity index (χ1) is 10.1. The van der Waals surface area contributed by atoms with Crippen LogP contribution in [0.2, 0.25) is 5.15 Å². The smallest absolute Gasteiger partial charge is 0.200 e. The normalized spacial score (nSPS) is 11.6. The predicted octanol–water partition coefficient (Wildman–Crippen LogP) is 2.14. The van der Waals surface area contributed by atoms with Gasteiger partial charge in [0.05, 0.1) is 5.10 Å². The summed E-state index contributed by atoms with van der Waals surface area (Å²) in [6.45, 7) is 2.08. The molecule has 0 saturated carbocycles. The fourth-order valence-corrected chi connectivity index (χ4v) is 1.52. The maximum Gasteiger partial charge on any atom is 0.200 e. The third-order valence-corrected chi connectivity index (χ3v) is 2.63. The molecule has 0 amide bonds. The molecule has 114 valence electrons. The average molecular weight is 313 g/mol. The zero-order valence-electron chi connectivity index (χ0n) is 11.6. The van der Waals surface area contributed by atoms with Crippen LogP contribution in [0.4, 0.5) is 0 Å². The molecule has 1 aromatic rings. The Balaban J connectivity index is 2.54. The van der Waals surface area contributed by atoms with Gasteiger partial charge in [-0.3, -0.25) is 5.43 Å². The van der Waals surface area contributed by atoms with Crippen molar-refractivity contribution in [3.05, 3.63) is 39.2 Å². The van der Waals surface area contributed by atoms with Gasteiger partial charge in [0.15, 0.2) is 5.03 Å². The Hall–Kier alpha value is -2.22. The van der Waals surface area contributed by atoms with Crippen LogP contribution in [0.1, 0.15) is 31.7 Å². The molecule has 0 aliphatic heterocycles. The van der Waals surface area contributed by atoms with Crippen LogP contribution in [-0.4, -0.2) is 22.1 Å². The molecular weight excluding hydrogens is 296 g/mol. The Bertz CT molecular complexity index is 503. The van der Waals surface area contributed by atoms with E-state index >= 15 is 0 Å². The molecule has 0 saturated heterocycles. The molecule has 0 atom stereocenters. The number of unbranched alkanes of at least 4 members (excludes halogenated alkanes) is 2. The fraction of sp³-hybridized carbons (Fsp3) is 0.417. The molecular formula is C12H17ClN6O2. The van der Waals surface area contributed by atoms with Crippen LogP contribution >= 0.6 is 11.6 Å². The molecule has 0 bridgehead atoms. The van der Waals surface area contributed by atoms with Crippen LogP contribution in [0.3, 0.4) is 0 Å². The van der Waals surface area contributed by atoms with Crippen LogP contribution in [0, 0.1) is 10.1 Å². The molecule has 1 heterocycles. The lowest BCUT2D eigenvalue weighted by Gasteiger charge is -2.05. The summed E-state index contributed by atoms with van der Waals surface area (Å²) in [4.78, 5) is 14.4. The third kappa shape index (κ3) is 7.83. The van der Waals surface area contributed by atoms with Crippen molar-refractivity contribution in [1.82, 2.24) is 15.9 Å². The first kappa shape index (κ1) is 16.8. The summed E-state index contributed by atoms with van der Waals surface area (Å²) in [6, 6.07) is 3.33. The van der Waals surface area contributed by atoms with Crippen molar-refractivity contribution in [2.24, 2.45) is 10.2 Å². The monoisotopic (exact) mass is 312 g/mol. The van der Waals surface area contributed by atoms with Gasteiger partial charge < -0.3 is 0 Å². The third-order valence-electron chi connectivity index (χ3n) is 2.41. The number of hydrogen-bond acceptors (Lipinski definition) is 5. The lowest BCUT2D eigenvalue weighted by molar-refractivity contribution is -0.485. The standard InChI is InChI=1S/C12H17ClN6O2/c1-2-3-4-7-15-18-16-12(17-19(20)21)8-10-5-6-11(13)14-9-10/h5-7,9,18H,2-4,8H2,1H3,(H,16,17)/b15-7+. The Morgan fingerprint density at radius 1 is 1.57 bits per heavy atom. The topological polar surface area (TPSA) is 105 Å². The number of nitrogens with one attached hydrogen (secondary N) is 2. The van der Waals surface area contributed by atoms with Crippen molar-refractivity contribution in [2.75, 3.05) is 0 Å². The minimum absolute atomic E-state index is 0.122. The highest BCUT2D eigenvalue weighted by atomic mass is 35.5. The molecule has 0 spiro atoms. The number of hydrazone groups is 2. The highest BCUT2D eigenvalue weighted by Crippen LogP contribution is 2.06. The summed E-state index contributed by atoms with van der Waals surface area (Å²) >= 11 is 5.68. The van der Waals surface area contributed by atoms with Gasteiger partial charge in [-0.15, -0.1) is 0 Å². The Kier molecular flexibility index (Phi) is 7.73. The lowest BCUT2D eigenvalue weighted by Crippen LogP contribution is -2.35. The first-order valence-corrected chi connectivity index (χ1v) is 6.84. The summed E-state index contributed by atoms with van der Waals surface area (Å²) in [5, 5.41) is 17.2. The van der Waals surface area contributed by atoms with E-state index in [-0.39, 0.29) is 12.3 Å². The predicted molar refractivity (Wildman–Crippen MR) is 81.7 cm³/mol. The van der Waals surface area contributed by atoms with E-state index in [0.717, 1.165) is 24.8 Å². The Labute approximate surface area is 127 Å². The number of rotatable bonds is 8. The highest BCUT2D eigenvalue weighted by molar-refractivity contribution is 6.29. The van der Waals surface area contributed by atoms with E-state index in [4.69, 9.17) is 11.6 Å². The van der Waals surface area contributed by atoms with Crippen molar-refractivity contribution < 1.29 is 5.03 Å². The van der Waals surface area contributed by atoms with Gasteiger partial charge >= 0.3 is 0 Å². The number of halogens is 1. The lowest BCUT2D eigenvalue weighted by atomic mass is 10.2. The minimum Gasteiger partial charge on any atom is -0.266 e. The molecule has 0 aliphatic rings. The second kappa shape index (κ2) is 9.65. The van der Waals surface area contributed by atoms with E-state index in [1.54, 1.807) is 18.3 Å². The minimum atomic E-state index is -0.770. The summed E-state index contributed by atoms with van der Waals surface area (Å²) in [5.41, 5.74) is 5.85. The zero-order valence-corrected chi connectivity index (χ0v) is 12.4. The molecule has 1 aromatic heterocycles. The Morgan fingerprint density at radius 3 is 3.00 bits per heavy atom. The van der Waals surface area contributed by atoms with Crippen LogP contribution < -0.4 is 11.0 Å². The van der Waals surface area contributed by atoms with Crippen molar-refractivity contribution in [2.45, 2.75) is 32.6 Å². The summed E-state index contributed by atoms with van der Waals surface area (Å²) in [6.07, 6.45) is 6.40. The van der Waals surface area contributed by atoms with Crippen LogP contribution in [-0.2, 0) is 6.42 Å². The second-order valence-corrected chi connectivity index (χ2v) is 4.53. The average Bonchev–Trinajstić information content (AvgIpc) is 2.44. The number of hydrogen-bond donors (Lipinski definition) is 2. The van der Waals surface area contributed by atoms with E-state index in [0.29, 0.717) is 5.15 Å². The molecule has 0 aromatic carbocycles. The molecule has 2 N–H and O–H groups in total. The van der Waals surface area contributed by atoms with E-state index in [1.165, 1.54) is 6.20 Å². The number of hydrazine groups is 1. The summed E-state index contributed by atoms with van der Waals surface area (Å²) < 4.78 is 0. The molecule has 0 unspecified atom stereocenters. The quantitative estimate of drug-likeness (QED) is 0.191. The van der Waals surface area contributed by atoms with Crippen molar-refractivity contribution in [3.63, 3.8) is 0 Å². The van der Waals surface area contributed by atoms with E-state index in [9.17, 15) is 10.1 Å². The van der Waals surface area contributed by atoms with Crippen molar-refractivity contribution >= 4 is 23.7 Å². The van der Waals surface area contributed by atoms with Crippen molar-refractivity contribution in [3.8, 4) is 0 Å². The molecule has 0 radical (unpaired) electrons. The van der Waals surface area contributed by atoms with Gasteiger partial charge in [0, 0.05) is 18.8 Å². The SMILES string of the molecule is CCCC/C=N/NNC(Cc1ccc(Cl)nc1)=N[N+](=O)[O-]. The molecule has 9 heteroatoms. The molecule has 1 rings (SSSR count). The van der Waals surface area contributed by atoms with Crippen molar-refractivity contribution in [1.29, 1.82) is 0 Å². The molecule has 21 heavy (non-hydrogen) atoms. The number of nitro groups is 1. The largest absolute Gasteiger partial charge is 0.266 e. The van der Waals surface area contributed by atoms with Gasteiger partial charge in [-0.05, 0) is 24.5 Å². The Morgan fingerprint density at radius 2 is 2.38 bits per heavy atom. The maximum atomic E-state index is 10.5. The number of aromatic nitrogens is 1. The van der Waals surface area contributed by atoms with E-state index in [2.05, 4.69) is 33.1 Å². The van der Waals surface area contributed by atoms with Crippen LogP contribution in [0.5, 0.6) is 0 Å². The van der Waals surface area contributed by atoms with Gasteiger partial charge in [0.2, 0.25) is 5.84 Å². The summed E-state index contributed by atoms with van der Waals surface area (Å²) in [7, 11) is 0. The van der Waals surface area contributed by atoms with Crippen LogP contribution in [0.25, 0.3) is 0 Å². The van der Waals surface area contributed by atoms with Gasteiger partial charge in [-0.2, -0.15) is 5.10 Å². The second-order valence-electron chi connectivity index (χ2n) is 4.14. The molecule has 0 fully saturated rings. The van der Waals surface area contributed by atoms with Gasteiger partial charge in [-0.25, -0.2) is 20.6 Å². The van der Waals surface area contributed by atoms with E-state index in [1.807, 2.05) is 0 Å². The molecule has 8 nitrogen and oxygen atoms in total.